The van der Waals surface area contributed by atoms with Gasteiger partial charge in [0, 0.05) is 37.9 Å². The van der Waals surface area contributed by atoms with E-state index in [1.165, 1.54) is 29.7 Å². The van der Waals surface area contributed by atoms with E-state index >= 15 is 0 Å². The first-order valence-electron chi connectivity index (χ1n) is 16.2. The van der Waals surface area contributed by atoms with Crippen molar-refractivity contribution >= 4 is 5.69 Å². The van der Waals surface area contributed by atoms with E-state index in [1.54, 1.807) is 0 Å². The van der Waals surface area contributed by atoms with E-state index in [-0.39, 0.29) is 24.4 Å². The molecule has 2 aliphatic heterocycles. The van der Waals surface area contributed by atoms with Gasteiger partial charge in [0.25, 0.3) is 0 Å². The van der Waals surface area contributed by atoms with Crippen LogP contribution in [0.1, 0.15) is 36.5 Å². The lowest BCUT2D eigenvalue weighted by Crippen LogP contribution is -2.63. The topological polar surface area (TPSA) is 34.2 Å². The Bertz CT molecular complexity index is 1360. The molecular formula is C39H46N2O3. The average molecular weight is 591 g/mol. The largest absolute Gasteiger partial charge is 0.372 e. The van der Waals surface area contributed by atoms with Crippen molar-refractivity contribution in [1.29, 1.82) is 0 Å². The summed E-state index contributed by atoms with van der Waals surface area (Å²) in [7, 11) is 0. The number of ether oxygens (including phenoxy) is 3. The fourth-order valence-electron chi connectivity index (χ4n) is 6.67. The number of anilines is 1. The molecule has 5 nitrogen and oxygen atoms in total. The molecule has 4 atom stereocenters. The Labute approximate surface area is 263 Å². The number of para-hydroxylation sites is 1. The van der Waals surface area contributed by atoms with Gasteiger partial charge in [-0.3, -0.25) is 4.90 Å². The van der Waals surface area contributed by atoms with Crippen LogP contribution in [0.2, 0.25) is 0 Å². The number of rotatable bonds is 12. The average Bonchev–Trinajstić information content (AvgIpc) is 3.09. The van der Waals surface area contributed by atoms with Crippen molar-refractivity contribution in [2.45, 2.75) is 63.9 Å². The molecule has 2 fully saturated rings. The first-order chi connectivity index (χ1) is 21.7. The minimum atomic E-state index is -0.186. The lowest BCUT2D eigenvalue weighted by molar-refractivity contribution is -0.202. The Morgan fingerprint density at radius 1 is 0.568 bits per heavy atom. The first kappa shape index (κ1) is 30.5. The molecule has 0 N–H and O–H groups in total. The smallest absolute Gasteiger partial charge is 0.113 e. The highest BCUT2D eigenvalue weighted by atomic mass is 16.6. The highest BCUT2D eigenvalue weighted by molar-refractivity contribution is 5.46. The molecule has 230 valence electrons. The second kappa shape index (κ2) is 15.5. The molecule has 0 aromatic heterocycles. The molecule has 4 aromatic rings. The molecule has 2 heterocycles. The van der Waals surface area contributed by atoms with Crippen molar-refractivity contribution in [3.63, 3.8) is 0 Å². The minimum Gasteiger partial charge on any atom is -0.372 e. The van der Waals surface area contributed by atoms with Crippen LogP contribution in [-0.4, -0.2) is 55.4 Å². The molecule has 0 aliphatic carbocycles. The van der Waals surface area contributed by atoms with Crippen LogP contribution in [0.25, 0.3) is 0 Å². The summed E-state index contributed by atoms with van der Waals surface area (Å²) in [5, 5.41) is 0. The van der Waals surface area contributed by atoms with Crippen LogP contribution in [0.15, 0.2) is 121 Å². The Morgan fingerprint density at radius 3 is 1.55 bits per heavy atom. The summed E-state index contributed by atoms with van der Waals surface area (Å²) >= 11 is 0. The SMILES string of the molecule is C[C@@H]1[C@@H](OCc2ccccc2)[C@H](OCc2ccccc2)[C@@H](OCc2ccccc2)CN1CC1CCN(c2ccccc2)CC1. The molecule has 0 unspecified atom stereocenters. The Kier molecular flexibility index (Phi) is 10.8. The summed E-state index contributed by atoms with van der Waals surface area (Å²) in [5.74, 6) is 0.642. The van der Waals surface area contributed by atoms with Gasteiger partial charge in [-0.05, 0) is 54.5 Å². The van der Waals surface area contributed by atoms with Crippen LogP contribution in [0, 0.1) is 5.92 Å². The number of benzene rings is 4. The highest BCUT2D eigenvalue weighted by Crippen LogP contribution is 2.31. The van der Waals surface area contributed by atoms with Crippen LogP contribution < -0.4 is 4.90 Å². The lowest BCUT2D eigenvalue weighted by Gasteiger charge is -2.49. The van der Waals surface area contributed by atoms with E-state index in [0.717, 1.165) is 31.7 Å². The van der Waals surface area contributed by atoms with Gasteiger partial charge < -0.3 is 19.1 Å². The molecule has 44 heavy (non-hydrogen) atoms. The third-order valence-electron chi connectivity index (χ3n) is 9.26. The maximum Gasteiger partial charge on any atom is 0.113 e. The molecule has 4 aromatic carbocycles. The summed E-state index contributed by atoms with van der Waals surface area (Å²) in [5.41, 5.74) is 4.85. The molecule has 0 saturated carbocycles. The maximum absolute atomic E-state index is 6.80. The van der Waals surface area contributed by atoms with Crippen LogP contribution in [-0.2, 0) is 34.0 Å². The van der Waals surface area contributed by atoms with E-state index < -0.39 is 0 Å². The molecule has 5 heteroatoms. The van der Waals surface area contributed by atoms with E-state index in [1.807, 2.05) is 6.07 Å². The van der Waals surface area contributed by atoms with Gasteiger partial charge in [0.1, 0.15) is 12.2 Å². The van der Waals surface area contributed by atoms with Crippen LogP contribution in [0.4, 0.5) is 5.69 Å². The summed E-state index contributed by atoms with van der Waals surface area (Å²) in [6.07, 6.45) is 1.96. The zero-order chi connectivity index (χ0) is 30.0. The minimum absolute atomic E-state index is 0.111. The van der Waals surface area contributed by atoms with Gasteiger partial charge in [0.2, 0.25) is 0 Å². The molecule has 6 rings (SSSR count). The van der Waals surface area contributed by atoms with E-state index in [0.29, 0.717) is 25.7 Å². The van der Waals surface area contributed by atoms with E-state index in [2.05, 4.69) is 132 Å². The van der Waals surface area contributed by atoms with Crippen molar-refractivity contribution in [2.24, 2.45) is 5.92 Å². The second-order valence-corrected chi connectivity index (χ2v) is 12.3. The molecule has 0 spiro atoms. The third-order valence-corrected chi connectivity index (χ3v) is 9.26. The van der Waals surface area contributed by atoms with Crippen molar-refractivity contribution in [1.82, 2.24) is 4.90 Å². The Morgan fingerprint density at radius 2 is 1.02 bits per heavy atom. The van der Waals surface area contributed by atoms with Gasteiger partial charge >= 0.3 is 0 Å². The van der Waals surface area contributed by atoms with Gasteiger partial charge in [-0.1, -0.05) is 109 Å². The van der Waals surface area contributed by atoms with Gasteiger partial charge in [-0.15, -0.1) is 0 Å². The van der Waals surface area contributed by atoms with Gasteiger partial charge in [0.05, 0.1) is 25.9 Å². The van der Waals surface area contributed by atoms with Crippen LogP contribution in [0.5, 0.6) is 0 Å². The lowest BCUT2D eigenvalue weighted by atomic mass is 9.90. The standard InChI is InChI=1S/C39H46N2O3/c1-31-38(43-29-34-16-8-3-9-17-34)39(44-30-35-18-10-4-11-19-35)37(42-28-33-14-6-2-7-15-33)27-41(31)26-32-22-24-40(25-23-32)36-20-12-5-13-21-36/h2-21,31-32,37-39H,22-30H2,1H3/t31-,37+,38-,39-/m1/s1. The van der Waals surface area contributed by atoms with Gasteiger partial charge in [-0.25, -0.2) is 0 Å². The summed E-state index contributed by atoms with van der Waals surface area (Å²) in [6.45, 7) is 8.04. The third kappa shape index (κ3) is 8.16. The van der Waals surface area contributed by atoms with Gasteiger partial charge in [0.15, 0.2) is 0 Å². The normalized spacial score (nSPS) is 23.1. The van der Waals surface area contributed by atoms with Crippen molar-refractivity contribution in [3.8, 4) is 0 Å². The molecule has 0 bridgehead atoms. The summed E-state index contributed by atoms with van der Waals surface area (Å²) < 4.78 is 20.3. The molecule has 2 aliphatic rings. The highest BCUT2D eigenvalue weighted by Gasteiger charge is 2.44. The summed E-state index contributed by atoms with van der Waals surface area (Å²) in [4.78, 5) is 5.15. The number of hydrogen-bond acceptors (Lipinski definition) is 5. The van der Waals surface area contributed by atoms with Crippen LogP contribution >= 0.6 is 0 Å². The van der Waals surface area contributed by atoms with E-state index in [9.17, 15) is 0 Å². The first-order valence-corrected chi connectivity index (χ1v) is 16.2. The van der Waals surface area contributed by atoms with Crippen LogP contribution in [0.3, 0.4) is 0 Å². The number of nitrogens with zero attached hydrogens (tertiary/aromatic N) is 2. The number of likely N-dealkylation sites (tertiary alicyclic amines) is 1. The van der Waals surface area contributed by atoms with E-state index in [4.69, 9.17) is 14.2 Å². The zero-order valence-electron chi connectivity index (χ0n) is 25.9. The summed E-state index contributed by atoms with van der Waals surface area (Å²) in [6, 6.07) is 42.4. The predicted octanol–water partition coefficient (Wildman–Crippen LogP) is 7.36. The molecule has 2 saturated heterocycles. The quantitative estimate of drug-likeness (QED) is 0.172. The monoisotopic (exact) mass is 590 g/mol. The number of piperidine rings is 2. The second-order valence-electron chi connectivity index (χ2n) is 12.3. The maximum atomic E-state index is 6.80. The molecular weight excluding hydrogens is 544 g/mol. The van der Waals surface area contributed by atoms with Crippen molar-refractivity contribution < 1.29 is 14.2 Å². The van der Waals surface area contributed by atoms with Crippen molar-refractivity contribution in [2.75, 3.05) is 31.1 Å². The molecule has 0 amide bonds. The Balaban J connectivity index is 1.19. The fraction of sp³-hybridized carbons (Fsp3) is 0.385. The predicted molar refractivity (Wildman–Crippen MR) is 177 cm³/mol. The molecule has 0 radical (unpaired) electrons. The zero-order valence-corrected chi connectivity index (χ0v) is 25.9. The fourth-order valence-corrected chi connectivity index (χ4v) is 6.67. The van der Waals surface area contributed by atoms with Crippen molar-refractivity contribution in [3.05, 3.63) is 138 Å². The Hall–Kier alpha value is -3.48. The van der Waals surface area contributed by atoms with Gasteiger partial charge in [-0.2, -0.15) is 0 Å². The number of hydrogen-bond donors (Lipinski definition) is 0.